The fourth-order valence-electron chi connectivity index (χ4n) is 2.38. The molecule has 21 heavy (non-hydrogen) atoms. The standard InChI is InChI=1S/C15H20F2N2O2/c1-10(14-3-2-8-21-14)19-15(20)18-7-6-11-4-5-12(16)9-13(11)17/h4-5,9-10,14H,2-3,6-8H2,1H3,(H2,18,19,20)/t10-,14-/m0/s1. The summed E-state index contributed by atoms with van der Waals surface area (Å²) in [6.07, 6.45) is 2.34. The molecule has 6 heteroatoms. The third kappa shape index (κ3) is 4.67. The molecular weight excluding hydrogens is 278 g/mol. The van der Waals surface area contributed by atoms with Gasteiger partial charge in [-0.05, 0) is 37.8 Å². The van der Waals surface area contributed by atoms with Crippen molar-refractivity contribution >= 4 is 6.03 Å². The second-order valence-corrected chi connectivity index (χ2v) is 5.23. The molecule has 2 amide bonds. The maximum atomic E-state index is 13.4. The van der Waals surface area contributed by atoms with Gasteiger partial charge in [-0.3, -0.25) is 0 Å². The van der Waals surface area contributed by atoms with Crippen LogP contribution in [0.3, 0.4) is 0 Å². The molecule has 0 radical (unpaired) electrons. The lowest BCUT2D eigenvalue weighted by Gasteiger charge is -2.20. The summed E-state index contributed by atoms with van der Waals surface area (Å²) < 4.78 is 31.7. The van der Waals surface area contributed by atoms with Crippen LogP contribution in [0.15, 0.2) is 18.2 Å². The first-order valence-corrected chi connectivity index (χ1v) is 7.16. The van der Waals surface area contributed by atoms with E-state index in [0.29, 0.717) is 12.0 Å². The molecule has 0 spiro atoms. The second kappa shape index (κ2) is 7.36. The number of rotatable bonds is 5. The molecule has 1 heterocycles. The molecule has 2 rings (SSSR count). The first-order chi connectivity index (χ1) is 10.1. The maximum Gasteiger partial charge on any atom is 0.315 e. The third-order valence-corrected chi connectivity index (χ3v) is 3.58. The lowest BCUT2D eigenvalue weighted by atomic mass is 10.1. The van der Waals surface area contributed by atoms with E-state index in [9.17, 15) is 13.6 Å². The zero-order valence-electron chi connectivity index (χ0n) is 12.0. The maximum absolute atomic E-state index is 13.4. The quantitative estimate of drug-likeness (QED) is 0.877. The third-order valence-electron chi connectivity index (χ3n) is 3.58. The SMILES string of the molecule is C[C@H](NC(=O)NCCc1ccc(F)cc1F)[C@@H]1CCCO1. The van der Waals surface area contributed by atoms with Gasteiger partial charge in [0.1, 0.15) is 11.6 Å². The van der Waals surface area contributed by atoms with Gasteiger partial charge in [0, 0.05) is 19.2 Å². The highest BCUT2D eigenvalue weighted by atomic mass is 19.1. The fourth-order valence-corrected chi connectivity index (χ4v) is 2.38. The fraction of sp³-hybridized carbons (Fsp3) is 0.533. The van der Waals surface area contributed by atoms with E-state index in [2.05, 4.69) is 10.6 Å². The van der Waals surface area contributed by atoms with Gasteiger partial charge in [-0.25, -0.2) is 13.6 Å². The van der Waals surface area contributed by atoms with Crippen LogP contribution in [0.2, 0.25) is 0 Å². The predicted octanol–water partition coefficient (Wildman–Crippen LogP) is 2.37. The van der Waals surface area contributed by atoms with E-state index in [1.165, 1.54) is 12.1 Å². The van der Waals surface area contributed by atoms with Gasteiger partial charge in [0.25, 0.3) is 0 Å². The molecular formula is C15H20F2N2O2. The zero-order chi connectivity index (χ0) is 15.2. The Morgan fingerprint density at radius 2 is 2.29 bits per heavy atom. The molecule has 4 nitrogen and oxygen atoms in total. The van der Waals surface area contributed by atoms with E-state index in [-0.39, 0.29) is 24.7 Å². The lowest BCUT2D eigenvalue weighted by Crippen LogP contribution is -2.46. The number of amides is 2. The van der Waals surface area contributed by atoms with E-state index in [0.717, 1.165) is 25.5 Å². The van der Waals surface area contributed by atoms with Gasteiger partial charge in [-0.2, -0.15) is 0 Å². The number of halogens is 2. The summed E-state index contributed by atoms with van der Waals surface area (Å²) in [6.45, 7) is 2.92. The second-order valence-electron chi connectivity index (χ2n) is 5.23. The Morgan fingerprint density at radius 3 is 2.95 bits per heavy atom. The van der Waals surface area contributed by atoms with Crippen LogP contribution in [-0.4, -0.2) is 31.3 Å². The summed E-state index contributed by atoms with van der Waals surface area (Å²) in [6, 6.07) is 3.07. The molecule has 2 atom stereocenters. The van der Waals surface area contributed by atoms with Crippen molar-refractivity contribution in [3.63, 3.8) is 0 Å². The molecule has 2 N–H and O–H groups in total. The van der Waals surface area contributed by atoms with Gasteiger partial charge in [-0.1, -0.05) is 6.07 Å². The van der Waals surface area contributed by atoms with E-state index >= 15 is 0 Å². The molecule has 1 aromatic carbocycles. The molecule has 1 saturated heterocycles. The number of nitrogens with one attached hydrogen (secondary N) is 2. The van der Waals surface area contributed by atoms with Crippen LogP contribution in [0.25, 0.3) is 0 Å². The number of carbonyl (C=O) groups excluding carboxylic acids is 1. The van der Waals surface area contributed by atoms with Crippen LogP contribution in [0, 0.1) is 11.6 Å². The molecule has 0 aliphatic carbocycles. The summed E-state index contributed by atoms with van der Waals surface area (Å²) in [5.41, 5.74) is 0.379. The largest absolute Gasteiger partial charge is 0.376 e. The van der Waals surface area contributed by atoms with Crippen molar-refractivity contribution in [1.29, 1.82) is 0 Å². The topological polar surface area (TPSA) is 50.4 Å². The van der Waals surface area contributed by atoms with Gasteiger partial charge in [0.15, 0.2) is 0 Å². The van der Waals surface area contributed by atoms with Crippen molar-refractivity contribution in [2.24, 2.45) is 0 Å². The molecule has 1 aliphatic rings. The summed E-state index contributed by atoms with van der Waals surface area (Å²) in [4.78, 5) is 11.7. The Kier molecular flexibility index (Phi) is 5.50. The summed E-state index contributed by atoms with van der Waals surface area (Å²) in [7, 11) is 0. The highest BCUT2D eigenvalue weighted by Crippen LogP contribution is 2.15. The van der Waals surface area contributed by atoms with Crippen molar-refractivity contribution in [3.05, 3.63) is 35.4 Å². The van der Waals surface area contributed by atoms with Crippen LogP contribution < -0.4 is 10.6 Å². The highest BCUT2D eigenvalue weighted by Gasteiger charge is 2.23. The van der Waals surface area contributed by atoms with Gasteiger partial charge < -0.3 is 15.4 Å². The number of ether oxygens (including phenoxy) is 1. The Morgan fingerprint density at radius 1 is 1.48 bits per heavy atom. The molecule has 0 unspecified atom stereocenters. The number of hydrogen-bond donors (Lipinski definition) is 2. The van der Waals surface area contributed by atoms with E-state index in [1.807, 2.05) is 6.92 Å². The van der Waals surface area contributed by atoms with Crippen LogP contribution in [0.5, 0.6) is 0 Å². The molecule has 1 fully saturated rings. The molecule has 0 aromatic heterocycles. The van der Waals surface area contributed by atoms with Crippen LogP contribution in [-0.2, 0) is 11.2 Å². The smallest absolute Gasteiger partial charge is 0.315 e. The minimum absolute atomic E-state index is 0.0601. The average Bonchev–Trinajstić information content (AvgIpc) is 2.95. The first-order valence-electron chi connectivity index (χ1n) is 7.16. The van der Waals surface area contributed by atoms with Crippen molar-refractivity contribution in [2.75, 3.05) is 13.2 Å². The van der Waals surface area contributed by atoms with Gasteiger partial charge >= 0.3 is 6.03 Å². The Balaban J connectivity index is 1.71. The van der Waals surface area contributed by atoms with Crippen molar-refractivity contribution in [2.45, 2.75) is 38.3 Å². The number of hydrogen-bond acceptors (Lipinski definition) is 2. The number of urea groups is 1. The first kappa shape index (κ1) is 15.7. The highest BCUT2D eigenvalue weighted by molar-refractivity contribution is 5.74. The Hall–Kier alpha value is -1.69. The van der Waals surface area contributed by atoms with Crippen molar-refractivity contribution < 1.29 is 18.3 Å². The van der Waals surface area contributed by atoms with E-state index < -0.39 is 11.6 Å². The van der Waals surface area contributed by atoms with Crippen LogP contribution in [0.1, 0.15) is 25.3 Å². The molecule has 116 valence electrons. The molecule has 1 aromatic rings. The Labute approximate surface area is 122 Å². The monoisotopic (exact) mass is 298 g/mol. The number of carbonyl (C=O) groups is 1. The predicted molar refractivity (Wildman–Crippen MR) is 75.0 cm³/mol. The van der Waals surface area contributed by atoms with Crippen molar-refractivity contribution in [1.82, 2.24) is 10.6 Å². The van der Waals surface area contributed by atoms with Crippen LogP contribution in [0.4, 0.5) is 13.6 Å². The zero-order valence-corrected chi connectivity index (χ0v) is 12.0. The molecule has 1 aliphatic heterocycles. The van der Waals surface area contributed by atoms with Gasteiger partial charge in [-0.15, -0.1) is 0 Å². The minimum Gasteiger partial charge on any atom is -0.376 e. The van der Waals surface area contributed by atoms with E-state index in [1.54, 1.807) is 0 Å². The van der Waals surface area contributed by atoms with Crippen LogP contribution >= 0.6 is 0 Å². The normalized spacial score (nSPS) is 19.3. The minimum atomic E-state index is -0.604. The number of benzene rings is 1. The summed E-state index contributed by atoms with van der Waals surface area (Å²) in [5.74, 6) is -1.20. The lowest BCUT2D eigenvalue weighted by molar-refractivity contribution is 0.0860. The Bertz CT molecular complexity index is 491. The van der Waals surface area contributed by atoms with E-state index in [4.69, 9.17) is 4.74 Å². The van der Waals surface area contributed by atoms with Gasteiger partial charge in [0.2, 0.25) is 0 Å². The average molecular weight is 298 g/mol. The van der Waals surface area contributed by atoms with Crippen molar-refractivity contribution in [3.8, 4) is 0 Å². The molecule has 0 saturated carbocycles. The summed E-state index contributed by atoms with van der Waals surface area (Å²) >= 11 is 0. The summed E-state index contributed by atoms with van der Waals surface area (Å²) in [5, 5.41) is 5.46. The molecule has 0 bridgehead atoms. The van der Waals surface area contributed by atoms with Gasteiger partial charge in [0.05, 0.1) is 12.1 Å².